The molecule has 1 aromatic rings. The minimum atomic E-state index is -1.12. The molecule has 0 radical (unpaired) electrons. The van der Waals surface area contributed by atoms with Crippen molar-refractivity contribution in [1.29, 1.82) is 0 Å². The molecule has 3 N–H and O–H groups in total. The van der Waals surface area contributed by atoms with Crippen LogP contribution in [0, 0.1) is 0 Å². The van der Waals surface area contributed by atoms with E-state index in [9.17, 15) is 14.4 Å². The third-order valence-electron chi connectivity index (χ3n) is 3.25. The lowest BCUT2D eigenvalue weighted by atomic mass is 10.2. The monoisotopic (exact) mass is 291 g/mol. The molecule has 7 nitrogen and oxygen atoms in total. The van der Waals surface area contributed by atoms with Gasteiger partial charge in [0.2, 0.25) is 5.91 Å². The average Bonchev–Trinajstić information content (AvgIpc) is 2.95. The maximum absolute atomic E-state index is 12.2. The molecule has 3 amide bonds. The van der Waals surface area contributed by atoms with Gasteiger partial charge in [-0.15, -0.1) is 0 Å². The molecule has 0 spiro atoms. The number of para-hydroxylation sites is 1. The lowest BCUT2D eigenvalue weighted by Crippen LogP contribution is -2.48. The molecule has 112 valence electrons. The number of rotatable bonds is 4. The van der Waals surface area contributed by atoms with Gasteiger partial charge in [0.25, 0.3) is 0 Å². The van der Waals surface area contributed by atoms with E-state index in [1.807, 2.05) is 18.2 Å². The molecular formula is C14H17N3O4. The van der Waals surface area contributed by atoms with E-state index in [-0.39, 0.29) is 5.91 Å². The zero-order valence-electron chi connectivity index (χ0n) is 11.4. The standard InChI is InChI=1S/C14H17N3O4/c18-12(19)9-15-14(21)17-8-4-7-11(17)13(20)16-10-5-2-1-3-6-10/h1-3,5-6,11H,4,7-9H2,(H,15,21)(H,16,20)(H,18,19). The molecule has 1 saturated heterocycles. The Balaban J connectivity index is 1.96. The van der Waals surface area contributed by atoms with E-state index in [0.717, 1.165) is 0 Å². The molecule has 1 aromatic carbocycles. The summed E-state index contributed by atoms with van der Waals surface area (Å²) in [6.45, 7) is -0.0132. The summed E-state index contributed by atoms with van der Waals surface area (Å²) in [5.74, 6) is -1.38. The molecular weight excluding hydrogens is 274 g/mol. The van der Waals surface area contributed by atoms with Gasteiger partial charge in [0.05, 0.1) is 0 Å². The van der Waals surface area contributed by atoms with Crippen LogP contribution in [0.25, 0.3) is 0 Å². The number of carboxylic acids is 1. The fourth-order valence-corrected chi connectivity index (χ4v) is 2.28. The van der Waals surface area contributed by atoms with Crippen molar-refractivity contribution in [2.24, 2.45) is 0 Å². The van der Waals surface area contributed by atoms with Crippen LogP contribution in [0.1, 0.15) is 12.8 Å². The number of carbonyl (C=O) groups excluding carboxylic acids is 2. The summed E-state index contributed by atoms with van der Waals surface area (Å²) in [5.41, 5.74) is 0.667. The molecule has 1 unspecified atom stereocenters. The smallest absolute Gasteiger partial charge is 0.323 e. The van der Waals surface area contributed by atoms with Gasteiger partial charge in [0.1, 0.15) is 12.6 Å². The Morgan fingerprint density at radius 3 is 2.62 bits per heavy atom. The molecule has 0 bridgehead atoms. The summed E-state index contributed by atoms with van der Waals surface area (Å²) in [4.78, 5) is 35.9. The lowest BCUT2D eigenvalue weighted by molar-refractivity contribution is -0.135. The molecule has 1 aliphatic heterocycles. The first kappa shape index (κ1) is 14.8. The van der Waals surface area contributed by atoms with Crippen molar-refractivity contribution in [3.63, 3.8) is 0 Å². The highest BCUT2D eigenvalue weighted by Crippen LogP contribution is 2.19. The van der Waals surface area contributed by atoms with Gasteiger partial charge in [-0.05, 0) is 25.0 Å². The minimum Gasteiger partial charge on any atom is -0.480 e. The number of amides is 3. The van der Waals surface area contributed by atoms with Crippen LogP contribution in [-0.2, 0) is 9.59 Å². The van der Waals surface area contributed by atoms with Gasteiger partial charge < -0.3 is 20.6 Å². The Bertz CT molecular complexity index is 532. The Kier molecular flexibility index (Phi) is 4.76. The lowest BCUT2D eigenvalue weighted by Gasteiger charge is -2.23. The summed E-state index contributed by atoms with van der Waals surface area (Å²) < 4.78 is 0. The van der Waals surface area contributed by atoms with E-state index in [1.54, 1.807) is 12.1 Å². The van der Waals surface area contributed by atoms with Gasteiger partial charge in [-0.25, -0.2) is 4.79 Å². The Morgan fingerprint density at radius 2 is 1.95 bits per heavy atom. The molecule has 21 heavy (non-hydrogen) atoms. The van der Waals surface area contributed by atoms with Crippen LogP contribution >= 0.6 is 0 Å². The predicted molar refractivity (Wildman–Crippen MR) is 75.8 cm³/mol. The first-order valence-electron chi connectivity index (χ1n) is 6.70. The van der Waals surface area contributed by atoms with Crippen LogP contribution in [0.3, 0.4) is 0 Å². The maximum atomic E-state index is 12.2. The molecule has 0 saturated carbocycles. The number of benzene rings is 1. The van der Waals surface area contributed by atoms with Gasteiger partial charge in [0.15, 0.2) is 0 Å². The van der Waals surface area contributed by atoms with Crippen molar-refractivity contribution in [3.8, 4) is 0 Å². The number of urea groups is 1. The van der Waals surface area contributed by atoms with Crippen LogP contribution in [0.4, 0.5) is 10.5 Å². The molecule has 2 rings (SSSR count). The summed E-state index contributed by atoms with van der Waals surface area (Å²) in [5, 5.41) is 13.6. The largest absolute Gasteiger partial charge is 0.480 e. The van der Waals surface area contributed by atoms with Crippen molar-refractivity contribution in [2.45, 2.75) is 18.9 Å². The molecule has 0 aromatic heterocycles. The number of nitrogens with zero attached hydrogens (tertiary/aromatic N) is 1. The third-order valence-corrected chi connectivity index (χ3v) is 3.25. The second-order valence-electron chi connectivity index (χ2n) is 4.76. The van der Waals surface area contributed by atoms with E-state index in [1.165, 1.54) is 4.90 Å². The van der Waals surface area contributed by atoms with Crippen molar-refractivity contribution < 1.29 is 19.5 Å². The number of aliphatic carboxylic acids is 1. The zero-order chi connectivity index (χ0) is 15.2. The number of nitrogens with one attached hydrogen (secondary N) is 2. The van der Waals surface area contributed by atoms with Gasteiger partial charge in [0, 0.05) is 12.2 Å². The number of likely N-dealkylation sites (tertiary alicyclic amines) is 1. The van der Waals surface area contributed by atoms with Crippen LogP contribution < -0.4 is 10.6 Å². The number of anilines is 1. The third kappa shape index (κ3) is 3.95. The maximum Gasteiger partial charge on any atom is 0.323 e. The van der Waals surface area contributed by atoms with Gasteiger partial charge in [-0.1, -0.05) is 18.2 Å². The minimum absolute atomic E-state index is 0.260. The van der Waals surface area contributed by atoms with Crippen LogP contribution in [0.5, 0.6) is 0 Å². The Labute approximate surface area is 121 Å². The van der Waals surface area contributed by atoms with Crippen molar-refractivity contribution >= 4 is 23.6 Å². The summed E-state index contributed by atoms with van der Waals surface area (Å²) >= 11 is 0. The van der Waals surface area contributed by atoms with Crippen LogP contribution in [0.15, 0.2) is 30.3 Å². The van der Waals surface area contributed by atoms with E-state index in [4.69, 9.17) is 5.11 Å². The van der Waals surface area contributed by atoms with Crippen molar-refractivity contribution in [2.75, 3.05) is 18.4 Å². The summed E-state index contributed by atoms with van der Waals surface area (Å²) in [6.07, 6.45) is 1.28. The number of carboxylic acid groups (broad SMARTS) is 1. The molecule has 7 heteroatoms. The van der Waals surface area contributed by atoms with E-state index < -0.39 is 24.6 Å². The van der Waals surface area contributed by atoms with Gasteiger partial charge in [-0.3, -0.25) is 9.59 Å². The average molecular weight is 291 g/mol. The number of hydrogen-bond acceptors (Lipinski definition) is 3. The van der Waals surface area contributed by atoms with Gasteiger partial charge >= 0.3 is 12.0 Å². The topological polar surface area (TPSA) is 98.7 Å². The second-order valence-corrected chi connectivity index (χ2v) is 4.76. The fraction of sp³-hybridized carbons (Fsp3) is 0.357. The number of hydrogen-bond donors (Lipinski definition) is 3. The summed E-state index contributed by atoms with van der Waals surface area (Å²) in [6, 6.07) is 7.89. The first-order valence-corrected chi connectivity index (χ1v) is 6.70. The summed E-state index contributed by atoms with van der Waals surface area (Å²) in [7, 11) is 0. The molecule has 1 fully saturated rings. The number of carbonyl (C=O) groups is 3. The van der Waals surface area contributed by atoms with E-state index in [0.29, 0.717) is 25.1 Å². The van der Waals surface area contributed by atoms with Gasteiger partial charge in [-0.2, -0.15) is 0 Å². The Morgan fingerprint density at radius 1 is 1.24 bits per heavy atom. The van der Waals surface area contributed by atoms with Crippen LogP contribution in [-0.4, -0.2) is 47.0 Å². The van der Waals surface area contributed by atoms with E-state index in [2.05, 4.69) is 10.6 Å². The quantitative estimate of drug-likeness (QED) is 0.767. The highest BCUT2D eigenvalue weighted by atomic mass is 16.4. The molecule has 0 aliphatic carbocycles. The predicted octanol–water partition coefficient (Wildman–Crippen LogP) is 0.884. The second kappa shape index (κ2) is 6.74. The van der Waals surface area contributed by atoms with E-state index >= 15 is 0 Å². The van der Waals surface area contributed by atoms with Crippen LogP contribution in [0.2, 0.25) is 0 Å². The first-order chi connectivity index (χ1) is 10.1. The zero-order valence-corrected chi connectivity index (χ0v) is 11.4. The molecule has 1 atom stereocenters. The highest BCUT2D eigenvalue weighted by molar-refractivity contribution is 5.97. The fourth-order valence-electron chi connectivity index (χ4n) is 2.28. The van der Waals surface area contributed by atoms with Crippen molar-refractivity contribution in [1.82, 2.24) is 10.2 Å². The normalized spacial score (nSPS) is 17.3. The molecule has 1 heterocycles. The van der Waals surface area contributed by atoms with Crippen molar-refractivity contribution in [3.05, 3.63) is 30.3 Å². The molecule has 1 aliphatic rings. The Hall–Kier alpha value is -2.57. The highest BCUT2D eigenvalue weighted by Gasteiger charge is 2.34. The SMILES string of the molecule is O=C(O)CNC(=O)N1CCCC1C(=O)Nc1ccccc1.